The Kier molecular flexibility index (Phi) is 3.93. The molecule has 0 spiro atoms. The second-order valence-corrected chi connectivity index (χ2v) is 4.46. The molecule has 1 heterocycles. The fourth-order valence-corrected chi connectivity index (χ4v) is 1.81. The highest BCUT2D eigenvalue weighted by molar-refractivity contribution is 5.86. The molecule has 0 fully saturated rings. The molecule has 2 rings (SSSR count). The van der Waals surface area contributed by atoms with Gasteiger partial charge >= 0.3 is 5.69 Å². The van der Waals surface area contributed by atoms with Crippen LogP contribution in [0, 0.1) is 0 Å². The van der Waals surface area contributed by atoms with E-state index in [1.165, 1.54) is 24.9 Å². The van der Waals surface area contributed by atoms with Crippen LogP contribution in [0.25, 0.3) is 0 Å². The highest BCUT2D eigenvalue weighted by Crippen LogP contribution is 2.17. The number of hydrogen-bond donors (Lipinski definition) is 1. The van der Waals surface area contributed by atoms with E-state index < -0.39 is 11.2 Å². The van der Waals surface area contributed by atoms with Crippen LogP contribution in [0.15, 0.2) is 38.8 Å². The van der Waals surface area contributed by atoms with E-state index in [9.17, 15) is 9.59 Å². The molecule has 0 saturated carbocycles. The van der Waals surface area contributed by atoms with Crippen LogP contribution in [0.2, 0.25) is 0 Å². The first-order chi connectivity index (χ1) is 9.95. The second kappa shape index (κ2) is 5.66. The van der Waals surface area contributed by atoms with Gasteiger partial charge in [0.05, 0.1) is 18.4 Å². The zero-order valence-corrected chi connectivity index (χ0v) is 12.0. The van der Waals surface area contributed by atoms with Gasteiger partial charge in [0.25, 0.3) is 5.56 Å². The van der Waals surface area contributed by atoms with Gasteiger partial charge < -0.3 is 10.5 Å². The van der Waals surface area contributed by atoms with E-state index in [0.29, 0.717) is 11.4 Å². The molecule has 0 saturated heterocycles. The van der Waals surface area contributed by atoms with Gasteiger partial charge in [-0.15, -0.1) is 0 Å². The van der Waals surface area contributed by atoms with Gasteiger partial charge in [-0.2, -0.15) is 0 Å². The van der Waals surface area contributed by atoms with E-state index in [1.54, 1.807) is 31.4 Å². The number of hydrogen-bond acceptors (Lipinski definition) is 5. The van der Waals surface area contributed by atoms with Gasteiger partial charge in [-0.25, -0.2) is 4.79 Å². The van der Waals surface area contributed by atoms with Crippen molar-refractivity contribution in [3.8, 4) is 5.75 Å². The number of nitrogens with zero attached hydrogens (tertiary/aromatic N) is 3. The zero-order chi connectivity index (χ0) is 15.6. The minimum Gasteiger partial charge on any atom is -0.497 e. The molecule has 2 N–H and O–H groups in total. The van der Waals surface area contributed by atoms with Crippen LogP contribution in [-0.2, 0) is 14.1 Å². The van der Waals surface area contributed by atoms with Crippen molar-refractivity contribution in [1.82, 2.24) is 9.13 Å². The number of nitrogens with two attached hydrogens (primary N) is 1. The van der Waals surface area contributed by atoms with Crippen molar-refractivity contribution in [1.29, 1.82) is 0 Å². The highest BCUT2D eigenvalue weighted by atomic mass is 16.5. The van der Waals surface area contributed by atoms with Gasteiger partial charge in [-0.05, 0) is 24.3 Å². The van der Waals surface area contributed by atoms with Crippen molar-refractivity contribution in [2.75, 3.05) is 12.8 Å². The molecule has 110 valence electrons. The standard InChI is InChI=1S/C14H16N4O3/c1-17-12(15)11(13(19)18(2)14(17)20)8-16-9-4-6-10(21-3)7-5-9/h4-8H,15H2,1-3H3. The third kappa shape index (κ3) is 2.71. The monoisotopic (exact) mass is 288 g/mol. The number of aromatic nitrogens is 2. The minimum atomic E-state index is -0.479. The van der Waals surface area contributed by atoms with Crippen molar-refractivity contribution < 1.29 is 4.74 Å². The highest BCUT2D eigenvalue weighted by Gasteiger charge is 2.10. The summed E-state index contributed by atoms with van der Waals surface area (Å²) < 4.78 is 7.25. The topological polar surface area (TPSA) is 91.6 Å². The normalized spacial score (nSPS) is 11.0. The van der Waals surface area contributed by atoms with Crippen molar-refractivity contribution in [2.24, 2.45) is 19.1 Å². The molecule has 21 heavy (non-hydrogen) atoms. The Bertz CT molecular complexity index is 801. The zero-order valence-electron chi connectivity index (χ0n) is 12.0. The number of nitrogen functional groups attached to an aromatic ring is 1. The number of rotatable bonds is 3. The number of anilines is 1. The molecule has 0 aliphatic carbocycles. The number of methoxy groups -OCH3 is 1. The summed E-state index contributed by atoms with van der Waals surface area (Å²) in [4.78, 5) is 27.9. The Morgan fingerprint density at radius 1 is 1.14 bits per heavy atom. The lowest BCUT2D eigenvalue weighted by atomic mass is 10.3. The van der Waals surface area contributed by atoms with Crippen LogP contribution >= 0.6 is 0 Å². The third-order valence-electron chi connectivity index (χ3n) is 3.16. The molecular weight excluding hydrogens is 272 g/mol. The predicted molar refractivity (Wildman–Crippen MR) is 81.6 cm³/mol. The van der Waals surface area contributed by atoms with Crippen LogP contribution in [-0.4, -0.2) is 22.5 Å². The summed E-state index contributed by atoms with van der Waals surface area (Å²) >= 11 is 0. The summed E-state index contributed by atoms with van der Waals surface area (Å²) in [6, 6.07) is 7.01. The van der Waals surface area contributed by atoms with E-state index >= 15 is 0 Å². The average Bonchev–Trinajstić information content (AvgIpc) is 2.51. The maximum atomic E-state index is 12.0. The Balaban J connectivity index is 2.46. The quantitative estimate of drug-likeness (QED) is 0.829. The number of aliphatic imine (C=N–C) groups is 1. The SMILES string of the molecule is COc1ccc(N=Cc2c(N)n(C)c(=O)n(C)c2=O)cc1. The molecule has 1 aromatic heterocycles. The molecule has 0 atom stereocenters. The maximum absolute atomic E-state index is 12.0. The Labute approximate surface area is 120 Å². The molecule has 1 aromatic carbocycles. The lowest BCUT2D eigenvalue weighted by Crippen LogP contribution is -2.40. The van der Waals surface area contributed by atoms with Gasteiger partial charge in [0, 0.05) is 20.3 Å². The van der Waals surface area contributed by atoms with Gasteiger partial charge in [-0.1, -0.05) is 0 Å². The van der Waals surface area contributed by atoms with Gasteiger partial charge in [-0.3, -0.25) is 18.9 Å². The van der Waals surface area contributed by atoms with E-state index in [0.717, 1.165) is 4.57 Å². The Morgan fingerprint density at radius 2 is 1.76 bits per heavy atom. The van der Waals surface area contributed by atoms with E-state index in [1.807, 2.05) is 0 Å². The molecule has 0 bridgehead atoms. The van der Waals surface area contributed by atoms with E-state index in [4.69, 9.17) is 10.5 Å². The van der Waals surface area contributed by atoms with Crippen LogP contribution in [0.5, 0.6) is 5.75 Å². The summed E-state index contributed by atoms with van der Waals surface area (Å²) in [5, 5.41) is 0. The van der Waals surface area contributed by atoms with Gasteiger partial charge in [0.15, 0.2) is 0 Å². The lowest BCUT2D eigenvalue weighted by molar-refractivity contribution is 0.415. The summed E-state index contributed by atoms with van der Waals surface area (Å²) in [6.45, 7) is 0. The van der Waals surface area contributed by atoms with Crippen molar-refractivity contribution in [3.63, 3.8) is 0 Å². The van der Waals surface area contributed by atoms with Crippen LogP contribution in [0.3, 0.4) is 0 Å². The van der Waals surface area contributed by atoms with Gasteiger partial charge in [0.1, 0.15) is 11.6 Å². The summed E-state index contributed by atoms with van der Waals surface area (Å²) in [6.07, 6.45) is 1.36. The molecule has 0 amide bonds. The smallest absolute Gasteiger partial charge is 0.332 e. The molecule has 7 heteroatoms. The molecular formula is C14H16N4O3. The fraction of sp³-hybridized carbons (Fsp3) is 0.214. The number of benzene rings is 1. The molecule has 0 radical (unpaired) electrons. The van der Waals surface area contributed by atoms with Crippen molar-refractivity contribution in [3.05, 3.63) is 50.7 Å². The van der Waals surface area contributed by atoms with Crippen molar-refractivity contribution in [2.45, 2.75) is 0 Å². The third-order valence-corrected chi connectivity index (χ3v) is 3.16. The van der Waals surface area contributed by atoms with Crippen LogP contribution in [0.1, 0.15) is 5.56 Å². The lowest BCUT2D eigenvalue weighted by Gasteiger charge is -2.08. The molecule has 0 aliphatic rings. The average molecular weight is 288 g/mol. The van der Waals surface area contributed by atoms with Gasteiger partial charge in [0.2, 0.25) is 0 Å². The minimum absolute atomic E-state index is 0.0837. The first kappa shape index (κ1) is 14.6. The van der Waals surface area contributed by atoms with E-state index in [-0.39, 0.29) is 11.4 Å². The predicted octanol–water partition coefficient (Wildman–Crippen LogP) is 0.425. The molecule has 2 aromatic rings. The fourth-order valence-electron chi connectivity index (χ4n) is 1.81. The Hall–Kier alpha value is -2.83. The first-order valence-electron chi connectivity index (χ1n) is 6.19. The molecule has 0 aliphatic heterocycles. The number of ether oxygens (including phenoxy) is 1. The van der Waals surface area contributed by atoms with Crippen molar-refractivity contribution >= 4 is 17.7 Å². The summed E-state index contributed by atoms with van der Waals surface area (Å²) in [7, 11) is 4.48. The largest absolute Gasteiger partial charge is 0.497 e. The first-order valence-corrected chi connectivity index (χ1v) is 6.19. The summed E-state index contributed by atoms with van der Waals surface area (Å²) in [5.41, 5.74) is 5.67. The Morgan fingerprint density at radius 3 is 2.33 bits per heavy atom. The second-order valence-electron chi connectivity index (χ2n) is 4.46. The van der Waals surface area contributed by atoms with Crippen LogP contribution < -0.4 is 21.7 Å². The van der Waals surface area contributed by atoms with E-state index in [2.05, 4.69) is 4.99 Å². The maximum Gasteiger partial charge on any atom is 0.332 e. The molecule has 0 unspecified atom stereocenters. The molecule has 7 nitrogen and oxygen atoms in total. The summed E-state index contributed by atoms with van der Waals surface area (Å²) in [5.74, 6) is 0.798. The van der Waals surface area contributed by atoms with Crippen LogP contribution in [0.4, 0.5) is 11.5 Å².